The zero-order chi connectivity index (χ0) is 18.0. The summed E-state index contributed by atoms with van der Waals surface area (Å²) in [7, 11) is 0. The second kappa shape index (κ2) is 6.97. The van der Waals surface area contributed by atoms with Crippen LogP contribution in [0.15, 0.2) is 18.5 Å². The summed E-state index contributed by atoms with van der Waals surface area (Å²) in [5, 5.41) is 23.1. The van der Waals surface area contributed by atoms with Crippen molar-refractivity contribution in [2.75, 3.05) is 5.32 Å². The van der Waals surface area contributed by atoms with E-state index in [9.17, 15) is 13.9 Å². The first-order chi connectivity index (χ1) is 12.0. The predicted molar refractivity (Wildman–Crippen MR) is 84.8 cm³/mol. The lowest BCUT2D eigenvalue weighted by atomic mass is 10.1. The van der Waals surface area contributed by atoms with E-state index >= 15 is 0 Å². The van der Waals surface area contributed by atoms with Crippen LogP contribution in [-0.4, -0.2) is 47.8 Å². The van der Waals surface area contributed by atoms with Crippen LogP contribution >= 0.6 is 0 Å². The quantitative estimate of drug-likeness (QED) is 0.597. The Balaban J connectivity index is 1.86. The summed E-state index contributed by atoms with van der Waals surface area (Å²) in [6.07, 6.45) is 3.11. The third kappa shape index (κ3) is 3.65. The SMILES string of the molecule is CC[C@@H]([C@@H](C)O)n1ncc2ncc(Nc3cc(OC(F)F)[nH]n3)nc21. The number of rotatable bonds is 7. The van der Waals surface area contributed by atoms with Crippen molar-refractivity contribution in [1.29, 1.82) is 0 Å². The minimum Gasteiger partial charge on any atom is -0.417 e. The molecule has 0 aliphatic heterocycles. The van der Waals surface area contributed by atoms with Crippen LogP contribution in [0.25, 0.3) is 11.2 Å². The Morgan fingerprint density at radius 3 is 2.84 bits per heavy atom. The van der Waals surface area contributed by atoms with E-state index in [0.29, 0.717) is 23.4 Å². The monoisotopic (exact) mass is 353 g/mol. The summed E-state index contributed by atoms with van der Waals surface area (Å²) in [6.45, 7) is 0.686. The molecule has 134 valence electrons. The molecule has 0 aliphatic carbocycles. The van der Waals surface area contributed by atoms with Gasteiger partial charge in [0.15, 0.2) is 17.3 Å². The fraction of sp³-hybridized carbons (Fsp3) is 0.429. The maximum atomic E-state index is 12.2. The molecule has 0 amide bonds. The lowest BCUT2D eigenvalue weighted by Crippen LogP contribution is -2.22. The first-order valence-electron chi connectivity index (χ1n) is 7.63. The van der Waals surface area contributed by atoms with E-state index < -0.39 is 12.7 Å². The van der Waals surface area contributed by atoms with Gasteiger partial charge in [0, 0.05) is 6.07 Å². The molecule has 0 spiro atoms. The Kier molecular flexibility index (Phi) is 4.74. The van der Waals surface area contributed by atoms with Crippen LogP contribution in [0.3, 0.4) is 0 Å². The lowest BCUT2D eigenvalue weighted by Gasteiger charge is -2.19. The Morgan fingerprint density at radius 2 is 2.16 bits per heavy atom. The number of halogens is 2. The average molecular weight is 353 g/mol. The van der Waals surface area contributed by atoms with E-state index in [0.717, 1.165) is 0 Å². The number of aromatic amines is 1. The number of nitrogens with one attached hydrogen (secondary N) is 2. The van der Waals surface area contributed by atoms with Crippen LogP contribution in [0.1, 0.15) is 26.3 Å². The third-order valence-electron chi connectivity index (χ3n) is 3.62. The standard InChI is InChI=1S/C14H17F2N7O2/c1-3-9(7(2)24)23-13-8(5-18-23)17-6-11(20-13)19-10-4-12(22-21-10)25-14(15)16/h4-7,9,14,24H,3H2,1-2H3,(H2,19,20,21,22)/t7-,9+/m1/s1. The number of fused-ring (bicyclic) bond motifs is 1. The van der Waals surface area contributed by atoms with Gasteiger partial charge in [0.05, 0.1) is 24.5 Å². The van der Waals surface area contributed by atoms with Crippen LogP contribution < -0.4 is 10.1 Å². The second-order valence-corrected chi connectivity index (χ2v) is 5.39. The molecule has 11 heteroatoms. The highest BCUT2D eigenvalue weighted by atomic mass is 19.3. The summed E-state index contributed by atoms with van der Waals surface area (Å²) < 4.78 is 30.2. The van der Waals surface area contributed by atoms with Gasteiger partial charge >= 0.3 is 6.61 Å². The minimum atomic E-state index is -2.94. The largest absolute Gasteiger partial charge is 0.417 e. The van der Waals surface area contributed by atoms with Crippen LogP contribution in [0, 0.1) is 0 Å². The Labute approximate surface area is 141 Å². The van der Waals surface area contributed by atoms with Gasteiger partial charge in [-0.05, 0) is 13.3 Å². The van der Waals surface area contributed by atoms with Crippen molar-refractivity contribution in [2.45, 2.75) is 39.0 Å². The van der Waals surface area contributed by atoms with Gasteiger partial charge in [-0.15, -0.1) is 0 Å². The van der Waals surface area contributed by atoms with Crippen molar-refractivity contribution in [3.63, 3.8) is 0 Å². The van der Waals surface area contributed by atoms with Crippen molar-refractivity contribution in [1.82, 2.24) is 29.9 Å². The molecule has 3 aromatic rings. The van der Waals surface area contributed by atoms with E-state index in [4.69, 9.17) is 0 Å². The summed E-state index contributed by atoms with van der Waals surface area (Å²) in [4.78, 5) is 8.67. The lowest BCUT2D eigenvalue weighted by molar-refractivity contribution is -0.0528. The molecule has 3 heterocycles. The molecule has 3 N–H and O–H groups in total. The van der Waals surface area contributed by atoms with Crippen LogP contribution in [0.2, 0.25) is 0 Å². The van der Waals surface area contributed by atoms with Gasteiger partial charge < -0.3 is 15.2 Å². The molecule has 0 unspecified atom stereocenters. The number of ether oxygens (including phenoxy) is 1. The number of hydrogen-bond donors (Lipinski definition) is 3. The molecular weight excluding hydrogens is 336 g/mol. The highest BCUT2D eigenvalue weighted by Crippen LogP contribution is 2.23. The number of anilines is 2. The van der Waals surface area contributed by atoms with Gasteiger partial charge in [-0.3, -0.25) is 0 Å². The topological polar surface area (TPSA) is 114 Å². The molecule has 3 rings (SSSR count). The second-order valence-electron chi connectivity index (χ2n) is 5.39. The normalized spacial score (nSPS) is 14.0. The fourth-order valence-electron chi connectivity index (χ4n) is 2.50. The molecule has 0 radical (unpaired) electrons. The molecule has 9 nitrogen and oxygen atoms in total. The van der Waals surface area contributed by atoms with Crippen molar-refractivity contribution < 1.29 is 18.6 Å². The zero-order valence-corrected chi connectivity index (χ0v) is 13.5. The van der Waals surface area contributed by atoms with Gasteiger partial charge in [0.25, 0.3) is 0 Å². The molecule has 0 fully saturated rings. The molecule has 0 aliphatic rings. The van der Waals surface area contributed by atoms with E-state index in [2.05, 4.69) is 35.3 Å². The molecule has 0 aromatic carbocycles. The molecule has 2 atom stereocenters. The van der Waals surface area contributed by atoms with Gasteiger partial charge in [0.1, 0.15) is 5.52 Å². The number of aliphatic hydroxyl groups is 1. The number of H-pyrrole nitrogens is 1. The number of nitrogens with zero attached hydrogens (tertiary/aromatic N) is 5. The fourth-order valence-corrected chi connectivity index (χ4v) is 2.50. The summed E-state index contributed by atoms with van der Waals surface area (Å²) in [5.41, 5.74) is 1.07. The number of aliphatic hydroxyl groups excluding tert-OH is 1. The smallest absolute Gasteiger partial charge is 0.388 e. The summed E-state index contributed by atoms with van der Waals surface area (Å²) in [5.74, 6) is 0.430. The van der Waals surface area contributed by atoms with Crippen LogP contribution in [0.4, 0.5) is 20.4 Å². The highest BCUT2D eigenvalue weighted by Gasteiger charge is 2.19. The maximum Gasteiger partial charge on any atom is 0.388 e. The van der Waals surface area contributed by atoms with E-state index in [1.807, 2.05) is 6.92 Å². The van der Waals surface area contributed by atoms with Gasteiger partial charge in [-0.2, -0.15) is 19.0 Å². The van der Waals surface area contributed by atoms with Gasteiger partial charge in [-0.25, -0.2) is 19.7 Å². The van der Waals surface area contributed by atoms with Crippen LogP contribution in [0.5, 0.6) is 5.88 Å². The predicted octanol–water partition coefficient (Wildman–Crippen LogP) is 2.23. The number of aromatic nitrogens is 6. The Hall–Kier alpha value is -2.82. The molecule has 0 saturated carbocycles. The number of hydrogen-bond acceptors (Lipinski definition) is 7. The van der Waals surface area contributed by atoms with E-state index in [1.54, 1.807) is 17.8 Å². The molecular formula is C14H17F2N7O2. The first-order valence-corrected chi connectivity index (χ1v) is 7.63. The van der Waals surface area contributed by atoms with E-state index in [1.165, 1.54) is 12.3 Å². The summed E-state index contributed by atoms with van der Waals surface area (Å²) in [6, 6.07) is 1.04. The minimum absolute atomic E-state index is 0.170. The molecule has 25 heavy (non-hydrogen) atoms. The first kappa shape index (κ1) is 17.0. The molecule has 0 bridgehead atoms. The Bertz CT molecular complexity index is 849. The average Bonchev–Trinajstić information content (AvgIpc) is 3.15. The molecule has 3 aromatic heterocycles. The van der Waals surface area contributed by atoms with Crippen molar-refractivity contribution in [3.8, 4) is 5.88 Å². The number of alkyl halides is 2. The van der Waals surface area contributed by atoms with Gasteiger partial charge in [0.2, 0.25) is 5.88 Å². The Morgan fingerprint density at radius 1 is 1.36 bits per heavy atom. The highest BCUT2D eigenvalue weighted by molar-refractivity contribution is 5.72. The zero-order valence-electron chi connectivity index (χ0n) is 13.5. The van der Waals surface area contributed by atoms with Crippen molar-refractivity contribution >= 4 is 22.8 Å². The molecule has 0 saturated heterocycles. The van der Waals surface area contributed by atoms with E-state index in [-0.39, 0.29) is 17.7 Å². The summed E-state index contributed by atoms with van der Waals surface area (Å²) >= 11 is 0. The van der Waals surface area contributed by atoms with Crippen molar-refractivity contribution in [3.05, 3.63) is 18.5 Å². The maximum absolute atomic E-state index is 12.2. The van der Waals surface area contributed by atoms with Crippen LogP contribution in [-0.2, 0) is 0 Å². The van der Waals surface area contributed by atoms with Crippen molar-refractivity contribution in [2.24, 2.45) is 0 Å². The van der Waals surface area contributed by atoms with Gasteiger partial charge in [-0.1, -0.05) is 6.92 Å². The third-order valence-corrected chi connectivity index (χ3v) is 3.62.